The second kappa shape index (κ2) is 8.47. The normalized spacial score (nSPS) is 15.7. The van der Waals surface area contributed by atoms with Gasteiger partial charge in [-0.15, -0.1) is 10.2 Å². The maximum Gasteiger partial charge on any atom is 0.243 e. The molecule has 0 bridgehead atoms. The van der Waals surface area contributed by atoms with Gasteiger partial charge in [0.15, 0.2) is 10.1 Å². The first-order chi connectivity index (χ1) is 12.5. The molecule has 0 spiro atoms. The van der Waals surface area contributed by atoms with Crippen LogP contribution in [0.4, 0.5) is 5.13 Å². The number of hydrogen-bond acceptors (Lipinski definition) is 8. The minimum atomic E-state index is -3.47. The van der Waals surface area contributed by atoms with Crippen molar-refractivity contribution in [2.45, 2.75) is 28.5 Å². The molecule has 7 nitrogen and oxygen atoms in total. The molecule has 0 aliphatic carbocycles. The average molecular weight is 413 g/mol. The highest BCUT2D eigenvalue weighted by Gasteiger charge is 2.25. The minimum Gasteiger partial charge on any atom is -0.353 e. The smallest absolute Gasteiger partial charge is 0.243 e. The summed E-state index contributed by atoms with van der Waals surface area (Å²) in [6.45, 7) is 1.21. The zero-order valence-corrected chi connectivity index (χ0v) is 16.8. The number of rotatable bonds is 7. The molecule has 140 valence electrons. The van der Waals surface area contributed by atoms with E-state index in [2.05, 4.69) is 15.5 Å². The number of anilines is 1. The SMILES string of the molecule is CSc1nnc(NCC(=O)c2ccc(S(=O)(=O)N3CCCCC3)cc2)s1. The number of nitrogens with one attached hydrogen (secondary N) is 1. The van der Waals surface area contributed by atoms with Crippen molar-refractivity contribution in [1.29, 1.82) is 0 Å². The van der Waals surface area contributed by atoms with Crippen molar-refractivity contribution in [3.8, 4) is 0 Å². The van der Waals surface area contributed by atoms with E-state index in [4.69, 9.17) is 0 Å². The third-order valence-corrected chi connectivity index (χ3v) is 7.88. The Morgan fingerprint density at radius 1 is 1.19 bits per heavy atom. The van der Waals surface area contributed by atoms with Crippen molar-refractivity contribution < 1.29 is 13.2 Å². The summed E-state index contributed by atoms with van der Waals surface area (Å²) in [6, 6.07) is 6.14. The van der Waals surface area contributed by atoms with E-state index < -0.39 is 10.0 Å². The number of carbonyl (C=O) groups is 1. The van der Waals surface area contributed by atoms with E-state index >= 15 is 0 Å². The number of piperidine rings is 1. The number of ketones is 1. The highest BCUT2D eigenvalue weighted by molar-refractivity contribution is 8.00. The Balaban J connectivity index is 1.63. The van der Waals surface area contributed by atoms with Crippen LogP contribution in [-0.4, -0.2) is 54.6 Å². The molecule has 1 aliphatic rings. The van der Waals surface area contributed by atoms with Crippen molar-refractivity contribution in [2.24, 2.45) is 0 Å². The Morgan fingerprint density at radius 2 is 1.88 bits per heavy atom. The topological polar surface area (TPSA) is 92.3 Å². The van der Waals surface area contributed by atoms with E-state index in [1.165, 1.54) is 39.5 Å². The molecule has 1 N–H and O–H groups in total. The van der Waals surface area contributed by atoms with Gasteiger partial charge in [-0.25, -0.2) is 8.42 Å². The molecule has 0 atom stereocenters. The summed E-state index contributed by atoms with van der Waals surface area (Å²) in [4.78, 5) is 12.5. The molecular formula is C16H20N4O3S3. The molecule has 1 fully saturated rings. The number of benzene rings is 1. The summed E-state index contributed by atoms with van der Waals surface area (Å²) >= 11 is 2.88. The second-order valence-corrected chi connectivity index (χ2v) is 9.81. The fourth-order valence-electron chi connectivity index (χ4n) is 2.69. The first-order valence-electron chi connectivity index (χ1n) is 8.25. The van der Waals surface area contributed by atoms with Crippen molar-refractivity contribution >= 4 is 44.0 Å². The molecule has 0 saturated carbocycles. The van der Waals surface area contributed by atoms with Crippen LogP contribution in [0.1, 0.15) is 29.6 Å². The maximum atomic E-state index is 12.6. The third kappa shape index (κ3) is 4.43. The Hall–Kier alpha value is -1.49. The fourth-order valence-corrected chi connectivity index (χ4v) is 5.37. The zero-order chi connectivity index (χ0) is 18.6. The van der Waals surface area contributed by atoms with Crippen molar-refractivity contribution in [1.82, 2.24) is 14.5 Å². The summed E-state index contributed by atoms with van der Waals surface area (Å²) < 4.78 is 27.6. The molecule has 1 aromatic carbocycles. The van der Waals surface area contributed by atoms with Gasteiger partial charge in [-0.3, -0.25) is 4.79 Å². The van der Waals surface area contributed by atoms with E-state index in [0.717, 1.165) is 23.6 Å². The van der Waals surface area contributed by atoms with Crippen LogP contribution in [0.2, 0.25) is 0 Å². The maximum absolute atomic E-state index is 12.6. The zero-order valence-electron chi connectivity index (χ0n) is 14.3. The Labute approximate surface area is 161 Å². The van der Waals surface area contributed by atoms with E-state index in [1.54, 1.807) is 12.1 Å². The molecule has 0 unspecified atom stereocenters. The average Bonchev–Trinajstić information content (AvgIpc) is 3.15. The number of aromatic nitrogens is 2. The van der Waals surface area contributed by atoms with E-state index in [0.29, 0.717) is 23.8 Å². The number of nitrogens with zero attached hydrogens (tertiary/aromatic N) is 3. The van der Waals surface area contributed by atoms with E-state index in [9.17, 15) is 13.2 Å². The van der Waals surface area contributed by atoms with Gasteiger partial charge in [0.2, 0.25) is 15.2 Å². The van der Waals surface area contributed by atoms with Crippen LogP contribution in [0.15, 0.2) is 33.5 Å². The van der Waals surface area contributed by atoms with Crippen molar-refractivity contribution in [3.05, 3.63) is 29.8 Å². The second-order valence-electron chi connectivity index (χ2n) is 5.84. The van der Waals surface area contributed by atoms with Crippen LogP contribution in [0.5, 0.6) is 0 Å². The lowest BCUT2D eigenvalue weighted by Crippen LogP contribution is -2.35. The van der Waals surface area contributed by atoms with Gasteiger partial charge in [-0.1, -0.05) is 29.5 Å². The van der Waals surface area contributed by atoms with Crippen LogP contribution < -0.4 is 5.32 Å². The Bertz CT molecular complexity index is 859. The Kier molecular flexibility index (Phi) is 6.28. The van der Waals surface area contributed by atoms with Gasteiger partial charge in [0, 0.05) is 18.7 Å². The standard InChI is InChI=1S/C16H20N4O3S3/c1-24-16-19-18-15(25-16)17-11-14(21)12-5-7-13(8-6-12)26(22,23)20-9-3-2-4-10-20/h5-8H,2-4,9-11H2,1H3,(H,17,18). The van der Waals surface area contributed by atoms with Crippen molar-refractivity contribution in [3.63, 3.8) is 0 Å². The molecule has 26 heavy (non-hydrogen) atoms. The number of Topliss-reactive ketones (excluding diaryl/α,β-unsaturated/α-hetero) is 1. The van der Waals surface area contributed by atoms with Gasteiger partial charge in [-0.05, 0) is 43.4 Å². The van der Waals surface area contributed by atoms with Gasteiger partial charge in [0.05, 0.1) is 11.4 Å². The molecule has 0 radical (unpaired) electrons. The first-order valence-corrected chi connectivity index (χ1v) is 11.7. The largest absolute Gasteiger partial charge is 0.353 e. The fraction of sp³-hybridized carbons (Fsp3) is 0.438. The Morgan fingerprint density at radius 3 is 2.50 bits per heavy atom. The summed E-state index contributed by atoms with van der Waals surface area (Å²) in [6.07, 6.45) is 4.77. The van der Waals surface area contributed by atoms with Crippen LogP contribution in [0.25, 0.3) is 0 Å². The quantitative estimate of drug-likeness (QED) is 0.552. The monoisotopic (exact) mass is 412 g/mol. The van der Waals surface area contributed by atoms with Crippen LogP contribution in [0.3, 0.4) is 0 Å². The van der Waals surface area contributed by atoms with Crippen LogP contribution >= 0.6 is 23.1 Å². The molecular weight excluding hydrogens is 392 g/mol. The molecule has 1 saturated heterocycles. The van der Waals surface area contributed by atoms with E-state index in [-0.39, 0.29) is 17.2 Å². The summed E-state index contributed by atoms with van der Waals surface area (Å²) in [7, 11) is -3.47. The summed E-state index contributed by atoms with van der Waals surface area (Å²) in [5.41, 5.74) is 0.463. The van der Waals surface area contributed by atoms with Crippen molar-refractivity contribution in [2.75, 3.05) is 31.2 Å². The highest BCUT2D eigenvalue weighted by atomic mass is 32.2. The van der Waals surface area contributed by atoms with Gasteiger partial charge >= 0.3 is 0 Å². The van der Waals surface area contributed by atoms with E-state index in [1.807, 2.05) is 6.26 Å². The van der Waals surface area contributed by atoms with Crippen LogP contribution in [0, 0.1) is 0 Å². The molecule has 2 heterocycles. The minimum absolute atomic E-state index is 0.0846. The first kappa shape index (κ1) is 19.3. The number of sulfonamides is 1. The predicted molar refractivity (Wildman–Crippen MR) is 104 cm³/mol. The number of carbonyl (C=O) groups excluding carboxylic acids is 1. The molecule has 1 aliphatic heterocycles. The van der Waals surface area contributed by atoms with Gasteiger partial charge < -0.3 is 5.32 Å². The molecule has 2 aromatic rings. The summed E-state index contributed by atoms with van der Waals surface area (Å²) in [5, 5.41) is 11.4. The number of hydrogen-bond donors (Lipinski definition) is 1. The predicted octanol–water partition coefficient (Wildman–Crippen LogP) is 2.73. The third-order valence-electron chi connectivity index (χ3n) is 4.11. The van der Waals surface area contributed by atoms with Gasteiger partial charge in [-0.2, -0.15) is 4.31 Å². The van der Waals surface area contributed by atoms with Gasteiger partial charge in [0.1, 0.15) is 0 Å². The highest BCUT2D eigenvalue weighted by Crippen LogP contribution is 2.23. The van der Waals surface area contributed by atoms with Gasteiger partial charge in [0.25, 0.3) is 0 Å². The molecule has 0 amide bonds. The molecule has 3 rings (SSSR count). The lowest BCUT2D eigenvalue weighted by molar-refractivity contribution is 0.101. The number of thioether (sulfide) groups is 1. The summed E-state index contributed by atoms with van der Waals surface area (Å²) in [5.74, 6) is -0.132. The lowest BCUT2D eigenvalue weighted by Gasteiger charge is -2.25. The lowest BCUT2D eigenvalue weighted by atomic mass is 10.1. The molecule has 10 heteroatoms. The molecule has 1 aromatic heterocycles. The van der Waals surface area contributed by atoms with Crippen LogP contribution in [-0.2, 0) is 10.0 Å².